The number of nitrogens with one attached hydrogen (secondary N) is 1. The number of halogens is 1. The van der Waals surface area contributed by atoms with Crippen molar-refractivity contribution in [2.75, 3.05) is 25.9 Å². The van der Waals surface area contributed by atoms with Crippen molar-refractivity contribution in [1.82, 2.24) is 10.2 Å². The smallest absolute Gasteiger partial charge is 0.175 e. The quantitative estimate of drug-likeness (QED) is 0.627. The molecule has 118 valence electrons. The summed E-state index contributed by atoms with van der Waals surface area (Å²) in [7, 11) is -3.13. The number of hydrogen-bond acceptors (Lipinski definition) is 4. The van der Waals surface area contributed by atoms with Crippen LogP contribution in [0.1, 0.15) is 5.56 Å². The van der Waals surface area contributed by atoms with E-state index in [1.54, 1.807) is 12.1 Å². The Labute approximate surface area is 143 Å². The molecule has 0 aromatic heterocycles. The summed E-state index contributed by atoms with van der Waals surface area (Å²) in [6.07, 6.45) is 2.03. The molecule has 0 saturated carbocycles. The van der Waals surface area contributed by atoms with Crippen molar-refractivity contribution in [3.63, 3.8) is 0 Å². The van der Waals surface area contributed by atoms with Crippen LogP contribution in [0, 0.1) is 0 Å². The van der Waals surface area contributed by atoms with Crippen molar-refractivity contribution in [2.45, 2.75) is 17.4 Å². The van der Waals surface area contributed by atoms with E-state index < -0.39 is 9.84 Å². The molecule has 21 heavy (non-hydrogen) atoms. The van der Waals surface area contributed by atoms with Gasteiger partial charge in [0.15, 0.2) is 9.84 Å². The van der Waals surface area contributed by atoms with Crippen LogP contribution in [0.4, 0.5) is 0 Å². The average molecular weight is 367 g/mol. The fourth-order valence-corrected chi connectivity index (χ4v) is 3.47. The Hall–Kier alpha value is -0.340. The molecule has 1 aliphatic rings. The molecule has 1 N–H and O–H groups in total. The summed E-state index contributed by atoms with van der Waals surface area (Å²) in [6.45, 7) is 2.62. The van der Waals surface area contributed by atoms with Crippen LogP contribution in [0.15, 0.2) is 29.2 Å². The fraction of sp³-hybridized carbons (Fsp3) is 0.462. The molecule has 1 aromatic rings. The molecule has 1 aliphatic heterocycles. The van der Waals surface area contributed by atoms with Gasteiger partial charge >= 0.3 is 0 Å². The Morgan fingerprint density at radius 3 is 2.57 bits per heavy atom. The number of benzene rings is 1. The van der Waals surface area contributed by atoms with Gasteiger partial charge in [0.05, 0.1) is 4.90 Å². The standard InChI is InChI=1S/C13H18N2O2S3.ClH/c1-20(16,17)12-4-2-10(3-5-12)8-11-9-14-6-7-15(11)13(18)19;/h2-5,11,14H,6-9H2,1H3,(H,18,19);1H. The molecule has 1 unspecified atom stereocenters. The van der Waals surface area contributed by atoms with Gasteiger partial charge < -0.3 is 10.2 Å². The molecular weight excluding hydrogens is 348 g/mol. The number of sulfone groups is 1. The van der Waals surface area contributed by atoms with Gasteiger partial charge in [-0.05, 0) is 24.1 Å². The van der Waals surface area contributed by atoms with Gasteiger partial charge in [0.25, 0.3) is 0 Å². The van der Waals surface area contributed by atoms with Crippen molar-refractivity contribution in [3.05, 3.63) is 29.8 Å². The van der Waals surface area contributed by atoms with Crippen LogP contribution < -0.4 is 5.32 Å². The Balaban J connectivity index is 0.00000220. The highest BCUT2D eigenvalue weighted by molar-refractivity contribution is 8.10. The van der Waals surface area contributed by atoms with Gasteiger partial charge in [0.2, 0.25) is 0 Å². The third kappa shape index (κ3) is 5.10. The van der Waals surface area contributed by atoms with E-state index in [9.17, 15) is 8.42 Å². The van der Waals surface area contributed by atoms with Crippen molar-refractivity contribution in [3.8, 4) is 0 Å². The molecule has 4 nitrogen and oxygen atoms in total. The topological polar surface area (TPSA) is 49.4 Å². The van der Waals surface area contributed by atoms with E-state index >= 15 is 0 Å². The number of hydrogen-bond donors (Lipinski definition) is 2. The molecule has 1 aromatic carbocycles. The first-order valence-electron chi connectivity index (χ1n) is 6.37. The highest BCUT2D eigenvalue weighted by atomic mass is 35.5. The summed E-state index contributed by atoms with van der Waals surface area (Å²) >= 11 is 9.43. The van der Waals surface area contributed by atoms with Gasteiger partial charge in [-0.3, -0.25) is 0 Å². The summed E-state index contributed by atoms with van der Waals surface area (Å²) in [5.41, 5.74) is 1.10. The number of rotatable bonds is 3. The van der Waals surface area contributed by atoms with Crippen LogP contribution in [0.3, 0.4) is 0 Å². The van der Waals surface area contributed by atoms with E-state index in [0.717, 1.165) is 31.6 Å². The molecular formula is C13H19ClN2O2S3. The summed E-state index contributed by atoms with van der Waals surface area (Å²) < 4.78 is 23.5. The SMILES string of the molecule is CS(=O)(=O)c1ccc(CC2CNCCN2C(=S)S)cc1.Cl. The van der Waals surface area contributed by atoms with Crippen LogP contribution in [0.25, 0.3) is 0 Å². The van der Waals surface area contributed by atoms with E-state index in [-0.39, 0.29) is 18.4 Å². The van der Waals surface area contributed by atoms with Gasteiger partial charge in [-0.2, -0.15) is 0 Å². The normalized spacial score (nSPS) is 19.0. The number of thiol groups is 1. The first-order chi connectivity index (χ1) is 9.38. The lowest BCUT2D eigenvalue weighted by Crippen LogP contribution is -2.53. The lowest BCUT2D eigenvalue weighted by Gasteiger charge is -2.36. The molecule has 0 spiro atoms. The average Bonchev–Trinajstić information content (AvgIpc) is 2.38. The minimum atomic E-state index is -3.13. The first-order valence-corrected chi connectivity index (χ1v) is 9.12. The number of thiocarbonyl (C=S) groups is 1. The van der Waals surface area contributed by atoms with Crippen LogP contribution in [0.5, 0.6) is 0 Å². The Bertz CT molecular complexity index is 590. The minimum absolute atomic E-state index is 0. The van der Waals surface area contributed by atoms with Crippen LogP contribution in [-0.2, 0) is 16.3 Å². The maximum atomic E-state index is 11.4. The van der Waals surface area contributed by atoms with Crippen LogP contribution >= 0.6 is 37.3 Å². The van der Waals surface area contributed by atoms with Crippen LogP contribution in [0.2, 0.25) is 0 Å². The van der Waals surface area contributed by atoms with Crippen molar-refractivity contribution in [2.24, 2.45) is 0 Å². The van der Waals surface area contributed by atoms with Gasteiger partial charge in [0.1, 0.15) is 4.32 Å². The summed E-state index contributed by atoms with van der Waals surface area (Å²) in [4.78, 5) is 2.46. The third-order valence-electron chi connectivity index (χ3n) is 3.42. The van der Waals surface area contributed by atoms with Crippen molar-refractivity contribution < 1.29 is 8.42 Å². The summed E-state index contributed by atoms with van der Waals surface area (Å²) in [5.74, 6) is 0. The molecule has 1 heterocycles. The second kappa shape index (κ2) is 7.78. The molecule has 8 heteroatoms. The van der Waals surface area contributed by atoms with Crippen molar-refractivity contribution in [1.29, 1.82) is 0 Å². The molecule has 0 radical (unpaired) electrons. The molecule has 0 aliphatic carbocycles. The molecule has 2 rings (SSSR count). The van der Waals surface area contributed by atoms with E-state index in [1.165, 1.54) is 6.26 Å². The van der Waals surface area contributed by atoms with E-state index in [0.29, 0.717) is 9.22 Å². The van der Waals surface area contributed by atoms with Gasteiger partial charge in [-0.1, -0.05) is 24.4 Å². The second-order valence-corrected chi connectivity index (χ2v) is 8.08. The Morgan fingerprint density at radius 2 is 2.05 bits per heavy atom. The van der Waals surface area contributed by atoms with E-state index in [2.05, 4.69) is 22.8 Å². The zero-order chi connectivity index (χ0) is 14.8. The molecule has 0 bridgehead atoms. The Morgan fingerprint density at radius 1 is 1.43 bits per heavy atom. The second-order valence-electron chi connectivity index (χ2n) is 4.95. The van der Waals surface area contributed by atoms with Gasteiger partial charge in [-0.15, -0.1) is 25.0 Å². The minimum Gasteiger partial charge on any atom is -0.352 e. The number of piperazine rings is 1. The molecule has 1 fully saturated rings. The van der Waals surface area contributed by atoms with E-state index in [4.69, 9.17) is 12.2 Å². The fourth-order valence-electron chi connectivity index (χ4n) is 2.34. The maximum absolute atomic E-state index is 11.4. The Kier molecular flexibility index (Phi) is 6.93. The highest BCUT2D eigenvalue weighted by Gasteiger charge is 2.23. The lowest BCUT2D eigenvalue weighted by atomic mass is 10.0. The lowest BCUT2D eigenvalue weighted by molar-refractivity contribution is 0.264. The zero-order valence-corrected chi connectivity index (χ0v) is 15.0. The molecule has 1 atom stereocenters. The zero-order valence-electron chi connectivity index (χ0n) is 11.7. The van der Waals surface area contributed by atoms with Gasteiger partial charge in [-0.25, -0.2) is 8.42 Å². The van der Waals surface area contributed by atoms with Crippen molar-refractivity contribution >= 4 is 51.4 Å². The highest BCUT2D eigenvalue weighted by Crippen LogP contribution is 2.16. The monoisotopic (exact) mass is 366 g/mol. The first kappa shape index (κ1) is 18.7. The predicted molar refractivity (Wildman–Crippen MR) is 95.5 cm³/mol. The third-order valence-corrected chi connectivity index (χ3v) is 5.04. The maximum Gasteiger partial charge on any atom is 0.175 e. The number of nitrogens with zero attached hydrogens (tertiary/aromatic N) is 1. The summed E-state index contributed by atoms with van der Waals surface area (Å²) in [5, 5.41) is 3.34. The molecule has 0 amide bonds. The predicted octanol–water partition coefficient (Wildman–Crippen LogP) is 1.54. The van der Waals surface area contributed by atoms with Crippen LogP contribution in [-0.4, -0.2) is 49.6 Å². The largest absolute Gasteiger partial charge is 0.352 e. The summed E-state index contributed by atoms with van der Waals surface area (Å²) in [6, 6.07) is 7.31. The van der Waals surface area contributed by atoms with E-state index in [1.807, 2.05) is 12.1 Å². The molecule has 1 saturated heterocycles. The van der Waals surface area contributed by atoms with Gasteiger partial charge in [0, 0.05) is 31.9 Å².